The molecule has 0 atom stereocenters. The normalized spacial score (nSPS) is 13.9. The van der Waals surface area contributed by atoms with Crippen molar-refractivity contribution in [2.45, 2.75) is 45.4 Å². The van der Waals surface area contributed by atoms with Gasteiger partial charge in [0.25, 0.3) is 0 Å². The summed E-state index contributed by atoms with van der Waals surface area (Å²) in [6.07, 6.45) is 4.46. The zero-order valence-corrected chi connectivity index (χ0v) is 14.8. The molecule has 5 heteroatoms. The summed E-state index contributed by atoms with van der Waals surface area (Å²) in [4.78, 5) is 0. The zero-order valence-electron chi connectivity index (χ0n) is 14.0. The highest BCUT2D eigenvalue weighted by molar-refractivity contribution is 7.97. The van der Waals surface area contributed by atoms with Gasteiger partial charge in [0.15, 0.2) is 5.75 Å². The summed E-state index contributed by atoms with van der Waals surface area (Å²) in [5.74, 6) is 3.05. The van der Waals surface area contributed by atoms with Crippen LogP contribution in [0.25, 0.3) is 0 Å². The van der Waals surface area contributed by atoms with Gasteiger partial charge in [-0.2, -0.15) is 10.4 Å². The van der Waals surface area contributed by atoms with Crippen LogP contribution >= 0.6 is 11.8 Å². The maximum Gasteiger partial charge on any atom is 0.171 e. The van der Waals surface area contributed by atoms with E-state index in [9.17, 15) is 5.26 Å². The van der Waals surface area contributed by atoms with E-state index in [2.05, 4.69) is 19.2 Å². The van der Waals surface area contributed by atoms with Crippen LogP contribution in [0.5, 0.6) is 11.5 Å². The second-order valence-electron chi connectivity index (χ2n) is 6.14. The molecule has 1 saturated carbocycles. The monoisotopic (exact) mass is 327 g/mol. The van der Waals surface area contributed by atoms with Crippen molar-refractivity contribution in [1.29, 1.82) is 5.26 Å². The minimum absolute atomic E-state index is 0.535. The molecule has 0 N–H and O–H groups in total. The van der Waals surface area contributed by atoms with Gasteiger partial charge in [-0.25, -0.2) is 0 Å². The van der Waals surface area contributed by atoms with Gasteiger partial charge in [0, 0.05) is 5.92 Å². The van der Waals surface area contributed by atoms with E-state index in [-0.39, 0.29) is 0 Å². The Hall–Kier alpha value is -1.93. The van der Waals surface area contributed by atoms with E-state index in [0.29, 0.717) is 5.92 Å². The molecule has 0 unspecified atom stereocenters. The number of nitrogens with zero attached hydrogens (tertiary/aromatic N) is 3. The van der Waals surface area contributed by atoms with Crippen LogP contribution in [0.1, 0.15) is 46.8 Å². The molecule has 0 spiro atoms. The molecule has 2 aromatic rings. The lowest BCUT2D eigenvalue weighted by molar-refractivity contribution is 0.471. The van der Waals surface area contributed by atoms with Crippen molar-refractivity contribution in [3.05, 3.63) is 40.2 Å². The van der Waals surface area contributed by atoms with E-state index in [4.69, 9.17) is 9.84 Å². The average Bonchev–Trinajstić information content (AvgIpc) is 3.29. The maximum atomic E-state index is 9.21. The van der Waals surface area contributed by atoms with Crippen molar-refractivity contribution in [2.24, 2.45) is 0 Å². The van der Waals surface area contributed by atoms with Crippen LogP contribution in [-0.2, 0) is 5.88 Å². The summed E-state index contributed by atoms with van der Waals surface area (Å²) in [5, 5.41) is 14.0. The van der Waals surface area contributed by atoms with Crippen LogP contribution < -0.4 is 4.74 Å². The number of aryl methyl sites for hydroxylation is 2. The molecule has 0 amide bonds. The van der Waals surface area contributed by atoms with E-state index in [1.807, 2.05) is 30.7 Å². The Balaban J connectivity index is 1.98. The van der Waals surface area contributed by atoms with Gasteiger partial charge < -0.3 is 4.74 Å². The molecule has 0 aliphatic heterocycles. The SMILES string of the molecule is CSCn1nc(C2CC2)c(Oc2cc(C)c(C#N)c(C)c2)c1C. The van der Waals surface area contributed by atoms with Gasteiger partial charge >= 0.3 is 0 Å². The highest BCUT2D eigenvalue weighted by atomic mass is 32.2. The van der Waals surface area contributed by atoms with E-state index >= 15 is 0 Å². The molecule has 1 aliphatic carbocycles. The van der Waals surface area contributed by atoms with Crippen molar-refractivity contribution in [3.63, 3.8) is 0 Å². The minimum Gasteiger partial charge on any atom is -0.453 e. The van der Waals surface area contributed by atoms with E-state index in [1.54, 1.807) is 11.8 Å². The first-order valence-corrected chi connectivity index (χ1v) is 9.20. The summed E-state index contributed by atoms with van der Waals surface area (Å²) in [6.45, 7) is 5.96. The summed E-state index contributed by atoms with van der Waals surface area (Å²) in [5.41, 5.74) is 4.78. The predicted molar refractivity (Wildman–Crippen MR) is 93.2 cm³/mol. The largest absolute Gasteiger partial charge is 0.453 e. The van der Waals surface area contributed by atoms with Crippen LogP contribution in [0.2, 0.25) is 0 Å². The molecular formula is C18H21N3OS. The number of nitriles is 1. The van der Waals surface area contributed by atoms with Crippen molar-refractivity contribution >= 4 is 11.8 Å². The minimum atomic E-state index is 0.535. The number of thioether (sulfide) groups is 1. The van der Waals surface area contributed by atoms with E-state index in [1.165, 1.54) is 12.8 Å². The zero-order chi connectivity index (χ0) is 16.6. The Morgan fingerprint density at radius 3 is 2.48 bits per heavy atom. The van der Waals surface area contributed by atoms with E-state index < -0.39 is 0 Å². The molecule has 1 heterocycles. The number of rotatable bonds is 5. The number of benzene rings is 1. The Labute approximate surface area is 141 Å². The summed E-state index contributed by atoms with van der Waals surface area (Å²) < 4.78 is 8.25. The Morgan fingerprint density at radius 2 is 1.96 bits per heavy atom. The van der Waals surface area contributed by atoms with Crippen molar-refractivity contribution in [2.75, 3.05) is 6.26 Å². The molecule has 23 heavy (non-hydrogen) atoms. The molecule has 0 radical (unpaired) electrons. The maximum absolute atomic E-state index is 9.21. The van der Waals surface area contributed by atoms with Crippen molar-refractivity contribution in [3.8, 4) is 17.6 Å². The average molecular weight is 327 g/mol. The summed E-state index contributed by atoms with van der Waals surface area (Å²) in [6, 6.07) is 6.13. The summed E-state index contributed by atoms with van der Waals surface area (Å²) >= 11 is 1.75. The van der Waals surface area contributed by atoms with Crippen LogP contribution in [-0.4, -0.2) is 16.0 Å². The van der Waals surface area contributed by atoms with Crippen molar-refractivity contribution in [1.82, 2.24) is 9.78 Å². The molecule has 1 fully saturated rings. The standard InChI is InChI=1S/C18H21N3OS/c1-11-7-15(8-12(2)16(11)9-19)22-18-13(3)21(10-23-4)20-17(18)14-5-6-14/h7-8,14H,5-6,10H2,1-4H3. The molecule has 120 valence electrons. The summed E-state index contributed by atoms with van der Waals surface area (Å²) in [7, 11) is 0. The quantitative estimate of drug-likeness (QED) is 0.800. The third-order valence-corrected chi connectivity index (χ3v) is 4.73. The lowest BCUT2D eigenvalue weighted by Crippen LogP contribution is -1.99. The molecule has 1 aromatic carbocycles. The molecule has 3 rings (SSSR count). The Morgan fingerprint density at radius 1 is 1.30 bits per heavy atom. The van der Waals surface area contributed by atoms with Gasteiger partial charge in [0.1, 0.15) is 11.4 Å². The first kappa shape index (κ1) is 15.9. The van der Waals surface area contributed by atoms with Gasteiger partial charge in [-0.05, 0) is 63.1 Å². The van der Waals surface area contributed by atoms with Crippen LogP contribution in [0.15, 0.2) is 12.1 Å². The third-order valence-electron chi connectivity index (χ3n) is 4.23. The van der Waals surface area contributed by atoms with Gasteiger partial charge in [-0.1, -0.05) is 0 Å². The third kappa shape index (κ3) is 3.09. The molecule has 1 aliphatic rings. The number of hydrogen-bond acceptors (Lipinski definition) is 4. The first-order valence-electron chi connectivity index (χ1n) is 7.80. The van der Waals surface area contributed by atoms with Crippen LogP contribution in [0.4, 0.5) is 0 Å². The van der Waals surface area contributed by atoms with Gasteiger partial charge in [0.05, 0.1) is 23.2 Å². The molecule has 0 saturated heterocycles. The topological polar surface area (TPSA) is 50.8 Å². The first-order chi connectivity index (χ1) is 11.0. The molecule has 4 nitrogen and oxygen atoms in total. The highest BCUT2D eigenvalue weighted by Crippen LogP contribution is 2.46. The Bertz CT molecular complexity index is 761. The van der Waals surface area contributed by atoms with Gasteiger partial charge in [-0.15, -0.1) is 11.8 Å². The van der Waals surface area contributed by atoms with Gasteiger partial charge in [-0.3, -0.25) is 4.68 Å². The number of aromatic nitrogens is 2. The second kappa shape index (κ2) is 6.29. The lowest BCUT2D eigenvalue weighted by atomic mass is 10.0. The molecule has 1 aromatic heterocycles. The highest BCUT2D eigenvalue weighted by Gasteiger charge is 2.32. The lowest BCUT2D eigenvalue weighted by Gasteiger charge is -2.10. The number of hydrogen-bond donors (Lipinski definition) is 0. The predicted octanol–water partition coefficient (Wildman–Crippen LogP) is 4.67. The van der Waals surface area contributed by atoms with Crippen molar-refractivity contribution < 1.29 is 4.74 Å². The molecular weight excluding hydrogens is 306 g/mol. The van der Waals surface area contributed by atoms with Gasteiger partial charge in [0.2, 0.25) is 0 Å². The Kier molecular flexibility index (Phi) is 4.36. The second-order valence-corrected chi connectivity index (χ2v) is 6.97. The van der Waals surface area contributed by atoms with E-state index in [0.717, 1.165) is 45.5 Å². The fourth-order valence-electron chi connectivity index (χ4n) is 2.83. The smallest absolute Gasteiger partial charge is 0.171 e. The fourth-order valence-corrected chi connectivity index (χ4v) is 3.32. The number of ether oxygens (including phenoxy) is 1. The molecule has 0 bridgehead atoms. The fraction of sp³-hybridized carbons (Fsp3) is 0.444. The van der Waals surface area contributed by atoms with Crippen LogP contribution in [0.3, 0.4) is 0 Å². The van der Waals surface area contributed by atoms with Crippen LogP contribution in [0, 0.1) is 32.1 Å².